The van der Waals surface area contributed by atoms with E-state index in [4.69, 9.17) is 16.6 Å². The second-order valence-electron chi connectivity index (χ2n) is 14.2. The Bertz CT molecular complexity index is 2710. The van der Waals surface area contributed by atoms with Gasteiger partial charge in [-0.15, -0.1) is 0 Å². The molecule has 1 saturated carbocycles. The molecule has 1 atom stereocenters. The minimum Gasteiger partial charge on any atom is -0.346 e. The molecule has 6 rings (SSSR count). The summed E-state index contributed by atoms with van der Waals surface area (Å²) in [5.41, 5.74) is -1.25. The fraction of sp³-hybridized carbons (Fsp3) is 0.351. The second-order valence-corrected chi connectivity index (χ2v) is 19.1. The highest BCUT2D eigenvalue weighted by atomic mass is 35.5. The van der Waals surface area contributed by atoms with Gasteiger partial charge in [-0.2, -0.15) is 10.2 Å². The third kappa shape index (κ3) is 9.11. The van der Waals surface area contributed by atoms with Crippen molar-refractivity contribution in [1.82, 2.24) is 29.9 Å². The molecule has 2 N–H and O–H groups in total. The third-order valence-corrected chi connectivity index (χ3v) is 13.0. The first kappa shape index (κ1) is 42.5. The number of sulfone groups is 1. The van der Waals surface area contributed by atoms with Crippen LogP contribution in [0.25, 0.3) is 22.0 Å². The minimum atomic E-state index is -3.86. The van der Waals surface area contributed by atoms with Crippen molar-refractivity contribution in [2.24, 2.45) is 7.05 Å². The van der Waals surface area contributed by atoms with Gasteiger partial charge >= 0.3 is 0 Å². The van der Waals surface area contributed by atoms with Crippen LogP contribution in [0.3, 0.4) is 0 Å². The number of carbonyl (C=O) groups is 1. The summed E-state index contributed by atoms with van der Waals surface area (Å²) in [6.07, 6.45) is -5.01. The van der Waals surface area contributed by atoms with Gasteiger partial charge in [0.1, 0.15) is 40.0 Å². The van der Waals surface area contributed by atoms with Crippen LogP contribution in [0.2, 0.25) is 5.02 Å². The van der Waals surface area contributed by atoms with E-state index in [0.717, 1.165) is 18.4 Å². The molecule has 308 valence electrons. The number of hydrogen-bond acceptors (Lipinski definition) is 8. The average Bonchev–Trinajstić information content (AvgIpc) is 3.81. The molecule has 1 aliphatic carbocycles. The number of aryl methyl sites for hydroxylation is 1. The molecule has 3 aromatic heterocycles. The first-order valence-corrected chi connectivity index (χ1v) is 21.2. The van der Waals surface area contributed by atoms with Gasteiger partial charge in [0.2, 0.25) is 15.9 Å². The zero-order chi connectivity index (χ0) is 42.5. The Morgan fingerprint density at radius 3 is 2.22 bits per heavy atom. The molecular weight excluding hydrogens is 836 g/mol. The molecule has 0 aliphatic heterocycles. The van der Waals surface area contributed by atoms with Gasteiger partial charge in [-0.1, -0.05) is 23.6 Å². The fourth-order valence-corrected chi connectivity index (χ4v) is 8.90. The number of fused-ring (bicyclic) bond motifs is 1. The van der Waals surface area contributed by atoms with E-state index >= 15 is 0 Å². The Kier molecular flexibility index (Phi) is 11.6. The number of halogens is 7. The smallest absolute Gasteiger partial charge is 0.282 e. The van der Waals surface area contributed by atoms with E-state index in [9.17, 15) is 48.0 Å². The number of aromatic nitrogens is 5. The van der Waals surface area contributed by atoms with Gasteiger partial charge in [0.15, 0.2) is 15.7 Å². The van der Waals surface area contributed by atoms with Crippen molar-refractivity contribution < 1.29 is 48.0 Å². The van der Waals surface area contributed by atoms with Crippen LogP contribution in [0.15, 0.2) is 48.5 Å². The van der Waals surface area contributed by atoms with Gasteiger partial charge in [-0.25, -0.2) is 48.2 Å². The molecule has 0 radical (unpaired) electrons. The van der Waals surface area contributed by atoms with E-state index in [-0.39, 0.29) is 44.3 Å². The lowest BCUT2D eigenvalue weighted by Gasteiger charge is -2.23. The molecule has 1 fully saturated rings. The molecule has 1 aliphatic rings. The van der Waals surface area contributed by atoms with Gasteiger partial charge < -0.3 is 5.32 Å². The number of sulfonamides is 1. The largest absolute Gasteiger partial charge is 0.346 e. The summed E-state index contributed by atoms with van der Waals surface area (Å²) in [7, 11) is -6.04. The predicted octanol–water partition coefficient (Wildman–Crippen LogP) is 6.82. The molecule has 0 unspecified atom stereocenters. The molecule has 3 heterocycles. The number of alkyl halides is 4. The van der Waals surface area contributed by atoms with Crippen LogP contribution in [-0.2, 0) is 44.7 Å². The number of benzene rings is 2. The van der Waals surface area contributed by atoms with Crippen LogP contribution in [0.5, 0.6) is 0 Å². The highest BCUT2D eigenvalue weighted by molar-refractivity contribution is 7.93. The Labute approximate surface area is 333 Å². The maximum Gasteiger partial charge on any atom is 0.282 e. The number of carbonyl (C=O) groups excluding carboxylic acids is 1. The summed E-state index contributed by atoms with van der Waals surface area (Å²) >= 11 is 6.57. The number of nitrogens with one attached hydrogen (secondary N) is 2. The summed E-state index contributed by atoms with van der Waals surface area (Å²) in [6.45, 7) is 1.90. The molecule has 12 nitrogen and oxygen atoms in total. The van der Waals surface area contributed by atoms with Crippen molar-refractivity contribution >= 4 is 54.1 Å². The van der Waals surface area contributed by atoms with Crippen LogP contribution in [0, 0.1) is 23.5 Å². The van der Waals surface area contributed by atoms with Crippen molar-refractivity contribution in [3.05, 3.63) is 93.5 Å². The first-order valence-electron chi connectivity index (χ1n) is 17.3. The van der Waals surface area contributed by atoms with Crippen molar-refractivity contribution in [1.29, 1.82) is 0 Å². The van der Waals surface area contributed by atoms with Crippen LogP contribution >= 0.6 is 11.6 Å². The first-order chi connectivity index (χ1) is 27.0. The van der Waals surface area contributed by atoms with Crippen molar-refractivity contribution in [3.63, 3.8) is 0 Å². The Morgan fingerprint density at radius 2 is 1.62 bits per heavy atom. The van der Waals surface area contributed by atoms with E-state index < -0.39 is 90.6 Å². The maximum atomic E-state index is 14.5. The van der Waals surface area contributed by atoms with Gasteiger partial charge in [-0.3, -0.25) is 18.9 Å². The Morgan fingerprint density at radius 1 is 0.966 bits per heavy atom. The lowest BCUT2D eigenvalue weighted by molar-refractivity contribution is -0.122. The molecule has 5 aromatic rings. The van der Waals surface area contributed by atoms with Crippen molar-refractivity contribution in [3.8, 4) is 23.0 Å². The highest BCUT2D eigenvalue weighted by Gasteiger charge is 2.45. The minimum absolute atomic E-state index is 0.00234. The summed E-state index contributed by atoms with van der Waals surface area (Å²) in [4.78, 5) is 18.4. The molecule has 2 aromatic carbocycles. The quantitative estimate of drug-likeness (QED) is 0.0965. The average molecular weight is 870 g/mol. The molecule has 58 heavy (non-hydrogen) atoms. The molecule has 0 spiro atoms. The van der Waals surface area contributed by atoms with Gasteiger partial charge in [0.25, 0.3) is 12.9 Å². The second kappa shape index (κ2) is 15.9. The number of amides is 1. The van der Waals surface area contributed by atoms with Gasteiger partial charge in [0, 0.05) is 24.2 Å². The molecule has 21 heteroatoms. The van der Waals surface area contributed by atoms with E-state index in [1.54, 1.807) is 6.07 Å². The molecule has 0 saturated heterocycles. The van der Waals surface area contributed by atoms with E-state index in [1.165, 1.54) is 43.8 Å². The zero-order valence-corrected chi connectivity index (χ0v) is 33.4. The number of pyridine rings is 1. The van der Waals surface area contributed by atoms with E-state index in [0.29, 0.717) is 35.2 Å². The molecule has 1 amide bonds. The van der Waals surface area contributed by atoms with E-state index in [2.05, 4.69) is 32.1 Å². The number of anilines is 1. The number of rotatable bonds is 13. The summed E-state index contributed by atoms with van der Waals surface area (Å²) in [6, 6.07) is 7.61. The van der Waals surface area contributed by atoms with Crippen LogP contribution < -0.4 is 10.0 Å². The lowest BCUT2D eigenvalue weighted by atomic mass is 9.93. The highest BCUT2D eigenvalue weighted by Crippen LogP contribution is 2.40. The van der Waals surface area contributed by atoms with Crippen LogP contribution in [-0.4, -0.2) is 63.5 Å². The standard InChI is InChI=1S/C37H34ClF6N7O5S2/c1-37(2,58(55,56)23-6-7-23)12-11-22-5-8-24(25-9-10-26(38)31-33(25)50(3)48-36(31)49-57(4,53)54)32(45-22)27(15-19-13-20(39)16-21(40)14-19)46-30(52)18-51-29(35(43)44)17-28(47-51)34(41)42/h5,8-10,13-14,16-17,23,27,34-35H,6-7,15,18H2,1-4H3,(H,46,52)(H,48,49)/t27-/m0/s1. The zero-order valence-electron chi connectivity index (χ0n) is 31.0. The summed E-state index contributed by atoms with van der Waals surface area (Å²) < 4.78 is 137. The normalized spacial score (nSPS) is 14.2. The third-order valence-electron chi connectivity index (χ3n) is 9.20. The predicted molar refractivity (Wildman–Crippen MR) is 203 cm³/mol. The van der Waals surface area contributed by atoms with Gasteiger partial charge in [-0.05, 0) is 81.0 Å². The van der Waals surface area contributed by atoms with Crippen LogP contribution in [0.4, 0.5) is 32.2 Å². The topological polar surface area (TPSA) is 158 Å². The molecule has 0 bridgehead atoms. The summed E-state index contributed by atoms with van der Waals surface area (Å²) in [5.74, 6) is 2.45. The number of hydrogen-bond donors (Lipinski definition) is 2. The van der Waals surface area contributed by atoms with Gasteiger partial charge in [0.05, 0.1) is 39.2 Å². The van der Waals surface area contributed by atoms with Crippen molar-refractivity contribution in [2.45, 2.75) is 68.5 Å². The fourth-order valence-electron chi connectivity index (χ4n) is 6.38. The maximum absolute atomic E-state index is 14.5. The van der Waals surface area contributed by atoms with Crippen LogP contribution in [0.1, 0.15) is 73.9 Å². The monoisotopic (exact) mass is 869 g/mol. The Hall–Kier alpha value is -5.13. The number of nitrogens with zero attached hydrogens (tertiary/aromatic N) is 5. The Balaban J connectivity index is 1.55. The van der Waals surface area contributed by atoms with Crippen molar-refractivity contribution in [2.75, 3.05) is 11.0 Å². The van der Waals surface area contributed by atoms with E-state index in [1.807, 2.05) is 0 Å². The SMILES string of the molecule is Cn1nc(NS(C)(=O)=O)c2c(Cl)ccc(-c3ccc(C#CC(C)(C)S(=O)(=O)C4CC4)nc3[C@H](Cc3cc(F)cc(F)c3)NC(=O)Cn3nc(C(F)F)cc3C(F)F)c21. The lowest BCUT2D eigenvalue weighted by Crippen LogP contribution is -2.34. The molecular formula is C37H34ClF6N7O5S2. The summed E-state index contributed by atoms with van der Waals surface area (Å²) in [5, 5.41) is 10.1.